The number of aliphatic carboxylic acids is 1. The molecule has 0 radical (unpaired) electrons. The predicted molar refractivity (Wildman–Crippen MR) is 154 cm³/mol. The number of hydrogen-bond donors (Lipinski definition) is 5. The van der Waals surface area contributed by atoms with E-state index in [9.17, 15) is 24.6 Å². The van der Waals surface area contributed by atoms with Crippen molar-refractivity contribution < 1.29 is 24.6 Å². The van der Waals surface area contributed by atoms with Gasteiger partial charge in [-0.15, -0.1) is 0 Å². The van der Waals surface area contributed by atoms with Gasteiger partial charge in [0.05, 0.1) is 19.0 Å². The van der Waals surface area contributed by atoms with Crippen molar-refractivity contribution in [3.63, 3.8) is 0 Å². The van der Waals surface area contributed by atoms with Crippen LogP contribution in [0.25, 0.3) is 21.9 Å². The Morgan fingerprint density at radius 1 is 0.925 bits per heavy atom. The number of carbonyl (C=O) groups excluding carboxylic acids is 2. The van der Waals surface area contributed by atoms with E-state index < -0.39 is 17.9 Å². The molecule has 5 N–H and O–H groups in total. The first kappa shape index (κ1) is 28.1. The number of amides is 2. The highest BCUT2D eigenvalue weighted by Gasteiger charge is 2.19. The monoisotopic (exact) mass is 540 g/mol. The number of pyridine rings is 1. The first-order chi connectivity index (χ1) is 19.3. The summed E-state index contributed by atoms with van der Waals surface area (Å²) in [5.41, 5.74) is 3.40. The Balaban J connectivity index is 1.36. The van der Waals surface area contributed by atoms with Crippen molar-refractivity contribution in [3.05, 3.63) is 90.1 Å². The number of aryl methyl sites for hydroxylation is 1. The molecule has 0 unspecified atom stereocenters. The van der Waals surface area contributed by atoms with Gasteiger partial charge in [-0.2, -0.15) is 0 Å². The average Bonchev–Trinajstić information content (AvgIpc) is 2.94. The molecule has 0 saturated heterocycles. The summed E-state index contributed by atoms with van der Waals surface area (Å²) in [5.74, 6) is -0.905. The maximum Gasteiger partial charge on any atom is 0.305 e. The van der Waals surface area contributed by atoms with Crippen LogP contribution in [0.3, 0.4) is 0 Å². The van der Waals surface area contributed by atoms with E-state index in [1.54, 1.807) is 30.5 Å². The van der Waals surface area contributed by atoms with Gasteiger partial charge < -0.3 is 26.2 Å². The van der Waals surface area contributed by atoms with Crippen LogP contribution in [0.15, 0.2) is 79.0 Å². The first-order valence-electron chi connectivity index (χ1n) is 13.1. The number of aromatic nitrogens is 1. The van der Waals surface area contributed by atoms with Crippen molar-refractivity contribution in [2.24, 2.45) is 0 Å². The van der Waals surface area contributed by atoms with Crippen LogP contribution in [0.4, 0.5) is 5.82 Å². The summed E-state index contributed by atoms with van der Waals surface area (Å²) < 4.78 is 0. The van der Waals surface area contributed by atoms with Crippen LogP contribution in [0, 0.1) is 6.92 Å². The third kappa shape index (κ3) is 7.57. The summed E-state index contributed by atoms with van der Waals surface area (Å²) in [6.07, 6.45) is 2.18. The zero-order valence-corrected chi connectivity index (χ0v) is 22.2. The van der Waals surface area contributed by atoms with E-state index in [4.69, 9.17) is 0 Å². The predicted octanol–water partition coefficient (Wildman–Crippen LogP) is 4.56. The molecule has 0 fully saturated rings. The van der Waals surface area contributed by atoms with Crippen LogP contribution in [0.1, 0.15) is 36.4 Å². The van der Waals surface area contributed by atoms with E-state index in [-0.39, 0.29) is 31.0 Å². The van der Waals surface area contributed by atoms with Crippen LogP contribution in [-0.2, 0) is 14.4 Å². The van der Waals surface area contributed by atoms with E-state index in [1.807, 2.05) is 55.5 Å². The maximum absolute atomic E-state index is 12.7. The molecule has 0 bridgehead atoms. The lowest BCUT2D eigenvalue weighted by Gasteiger charge is -2.19. The molecule has 0 spiro atoms. The number of carbonyl (C=O) groups is 3. The van der Waals surface area contributed by atoms with Crippen LogP contribution in [0.5, 0.6) is 5.75 Å². The molecular formula is C31H32N4O5. The van der Waals surface area contributed by atoms with Gasteiger partial charge >= 0.3 is 5.97 Å². The second-order valence-corrected chi connectivity index (χ2v) is 9.55. The number of rotatable bonds is 12. The molecule has 3 aromatic carbocycles. The topological polar surface area (TPSA) is 141 Å². The molecule has 9 nitrogen and oxygen atoms in total. The van der Waals surface area contributed by atoms with Gasteiger partial charge in [0, 0.05) is 24.5 Å². The zero-order chi connectivity index (χ0) is 28.5. The number of benzene rings is 3. The number of aromatic hydroxyl groups is 1. The minimum absolute atomic E-state index is 0.174. The third-order valence-electron chi connectivity index (χ3n) is 6.46. The fourth-order valence-electron chi connectivity index (χ4n) is 4.51. The number of phenols is 1. The van der Waals surface area contributed by atoms with Gasteiger partial charge in [0.2, 0.25) is 11.8 Å². The van der Waals surface area contributed by atoms with Gasteiger partial charge in [0.1, 0.15) is 11.6 Å². The van der Waals surface area contributed by atoms with Gasteiger partial charge in [-0.25, -0.2) is 4.98 Å². The maximum atomic E-state index is 12.7. The molecule has 1 aromatic heterocycles. The van der Waals surface area contributed by atoms with Gasteiger partial charge in [-0.3, -0.25) is 14.4 Å². The quantitative estimate of drug-likeness (QED) is 0.166. The smallest absolute Gasteiger partial charge is 0.305 e. The highest BCUT2D eigenvalue weighted by molar-refractivity contribution is 5.99. The Morgan fingerprint density at radius 3 is 2.50 bits per heavy atom. The summed E-state index contributed by atoms with van der Waals surface area (Å²) in [5, 5.41) is 29.8. The van der Waals surface area contributed by atoms with Crippen LogP contribution in [0.2, 0.25) is 0 Å². The molecule has 1 heterocycles. The lowest BCUT2D eigenvalue weighted by molar-refractivity contribution is -0.138. The molecular weight excluding hydrogens is 508 g/mol. The van der Waals surface area contributed by atoms with E-state index in [0.29, 0.717) is 23.9 Å². The summed E-state index contributed by atoms with van der Waals surface area (Å²) >= 11 is 0. The molecule has 4 rings (SSSR count). The highest BCUT2D eigenvalue weighted by atomic mass is 16.4. The Bertz CT molecular complexity index is 1520. The van der Waals surface area contributed by atoms with Crippen LogP contribution >= 0.6 is 0 Å². The lowest BCUT2D eigenvalue weighted by Crippen LogP contribution is -2.39. The zero-order valence-electron chi connectivity index (χ0n) is 22.2. The number of hydrogen-bond acceptors (Lipinski definition) is 6. The lowest BCUT2D eigenvalue weighted by atomic mass is 9.94. The molecule has 0 aliphatic carbocycles. The first-order valence-corrected chi connectivity index (χ1v) is 13.1. The van der Waals surface area contributed by atoms with E-state index >= 15 is 0 Å². The van der Waals surface area contributed by atoms with Crippen LogP contribution < -0.4 is 16.0 Å². The Kier molecular flexibility index (Phi) is 9.30. The van der Waals surface area contributed by atoms with E-state index in [1.165, 1.54) is 0 Å². The van der Waals surface area contributed by atoms with Crippen molar-refractivity contribution in [2.75, 3.05) is 18.4 Å². The Hall–Kier alpha value is -4.92. The molecule has 2 amide bonds. The molecule has 40 heavy (non-hydrogen) atoms. The number of nitrogens with zero attached hydrogens (tertiary/aromatic N) is 1. The molecule has 4 aromatic rings. The minimum atomic E-state index is -1.06. The number of phenolic OH excluding ortho intramolecular Hbond substituents is 1. The Morgan fingerprint density at radius 2 is 1.70 bits per heavy atom. The largest absolute Gasteiger partial charge is 0.507 e. The van der Waals surface area contributed by atoms with Crippen molar-refractivity contribution in [2.45, 2.75) is 32.2 Å². The second-order valence-electron chi connectivity index (χ2n) is 9.55. The second kappa shape index (κ2) is 13.2. The minimum Gasteiger partial charge on any atom is -0.507 e. The highest BCUT2D eigenvalue weighted by Crippen LogP contribution is 2.34. The van der Waals surface area contributed by atoms with Gasteiger partial charge in [0.25, 0.3) is 0 Å². The van der Waals surface area contributed by atoms with E-state index in [2.05, 4.69) is 20.9 Å². The molecule has 206 valence electrons. The van der Waals surface area contributed by atoms with Gasteiger partial charge in [-0.1, -0.05) is 48.5 Å². The average molecular weight is 541 g/mol. The van der Waals surface area contributed by atoms with Gasteiger partial charge in [0.15, 0.2) is 0 Å². The number of anilines is 1. The number of nitrogens with one attached hydrogen (secondary N) is 3. The summed E-state index contributed by atoms with van der Waals surface area (Å²) in [6, 6.07) is 21.2. The van der Waals surface area contributed by atoms with Crippen molar-refractivity contribution >= 4 is 34.4 Å². The molecule has 0 aliphatic rings. The fourth-order valence-corrected chi connectivity index (χ4v) is 4.51. The number of carboxylic acids is 1. The molecule has 0 saturated carbocycles. The van der Waals surface area contributed by atoms with Crippen molar-refractivity contribution in [3.8, 4) is 16.9 Å². The summed E-state index contributed by atoms with van der Waals surface area (Å²) in [4.78, 5) is 40.7. The Labute approximate surface area is 232 Å². The molecule has 0 aliphatic heterocycles. The molecule has 1 atom stereocenters. The van der Waals surface area contributed by atoms with Gasteiger partial charge in [-0.05, 0) is 65.3 Å². The van der Waals surface area contributed by atoms with E-state index in [0.717, 1.165) is 27.9 Å². The standard InChI is InChI=1S/C31H32N4O5/c1-20-13-15-33-28(16-20)32-14-5-12-29(37)34-19-30(38)35-26(18-31(39)40)22-7-2-6-21(17-22)23-8-3-10-25-24(23)9-4-11-27(25)36/h2-4,6-11,13,15-17,26,36H,5,12,14,18-19H2,1H3,(H,32,33)(H,34,37)(H,35,38)(H,39,40)/t26-/m0/s1. The number of fused-ring (bicyclic) bond motifs is 1. The van der Waals surface area contributed by atoms with Crippen molar-refractivity contribution in [1.29, 1.82) is 0 Å². The SMILES string of the molecule is Cc1ccnc(NCCCC(=O)NCC(=O)N[C@@H](CC(=O)O)c2cccc(-c3cccc4c(O)cccc34)c2)c1. The molecule has 9 heteroatoms. The third-order valence-corrected chi connectivity index (χ3v) is 6.46. The van der Waals surface area contributed by atoms with Crippen molar-refractivity contribution in [1.82, 2.24) is 15.6 Å². The normalized spacial score (nSPS) is 11.5. The van der Waals surface area contributed by atoms with Crippen LogP contribution in [-0.4, -0.2) is 46.1 Å². The summed E-state index contributed by atoms with van der Waals surface area (Å²) in [6.45, 7) is 2.27. The number of carboxylic acid groups (broad SMARTS) is 1. The fraction of sp³-hybridized carbons (Fsp3) is 0.226. The summed E-state index contributed by atoms with van der Waals surface area (Å²) in [7, 11) is 0.